The molecule has 0 atom stereocenters. The number of carboxylic acid groups (broad SMARTS) is 1. The molecular formula is C13H10FNO4. The molecule has 2 N–H and O–H groups in total. The van der Waals surface area contributed by atoms with Gasteiger partial charge < -0.3 is 10.2 Å². The zero-order chi connectivity index (χ0) is 14.2. The second-order valence-corrected chi connectivity index (χ2v) is 4.01. The Hall–Kier alpha value is -2.63. The first-order chi connectivity index (χ1) is 8.90. The molecule has 0 saturated heterocycles. The Balaban J connectivity index is 2.81. The van der Waals surface area contributed by atoms with Crippen LogP contribution < -0.4 is 5.56 Å². The Labute approximate surface area is 107 Å². The van der Waals surface area contributed by atoms with Crippen LogP contribution in [0.5, 0.6) is 5.75 Å². The summed E-state index contributed by atoms with van der Waals surface area (Å²) in [5.41, 5.74) is -0.425. The van der Waals surface area contributed by atoms with Crippen molar-refractivity contribution in [3.63, 3.8) is 0 Å². The normalized spacial score (nSPS) is 10.4. The Bertz CT molecular complexity index is 721. The molecule has 2 rings (SSSR count). The van der Waals surface area contributed by atoms with Gasteiger partial charge in [-0.1, -0.05) is 0 Å². The molecule has 1 heterocycles. The van der Waals surface area contributed by atoms with Gasteiger partial charge in [-0.25, -0.2) is 9.18 Å². The molecule has 0 aliphatic rings. The van der Waals surface area contributed by atoms with Gasteiger partial charge in [-0.15, -0.1) is 0 Å². The summed E-state index contributed by atoms with van der Waals surface area (Å²) in [5, 5.41) is 18.4. The van der Waals surface area contributed by atoms with Crippen LogP contribution in [0.25, 0.3) is 5.69 Å². The molecule has 19 heavy (non-hydrogen) atoms. The summed E-state index contributed by atoms with van der Waals surface area (Å²) < 4.78 is 14.0. The standard InChI is InChI=1S/C13H10FNO4/c1-7-4-8(14)2-3-10(7)15-11(13(18)19)5-9(16)6-12(15)17/h2-6,16H,1H3,(H,18,19). The lowest BCUT2D eigenvalue weighted by Crippen LogP contribution is -2.24. The van der Waals surface area contributed by atoms with Crippen LogP contribution in [0.3, 0.4) is 0 Å². The fourth-order valence-electron chi connectivity index (χ4n) is 1.83. The lowest BCUT2D eigenvalue weighted by molar-refractivity contribution is 0.0686. The number of aromatic nitrogens is 1. The molecule has 0 unspecified atom stereocenters. The monoisotopic (exact) mass is 263 g/mol. The highest BCUT2D eigenvalue weighted by atomic mass is 19.1. The molecule has 0 aliphatic heterocycles. The number of aromatic carboxylic acids is 1. The number of hydrogen-bond acceptors (Lipinski definition) is 3. The van der Waals surface area contributed by atoms with E-state index in [1.54, 1.807) is 6.92 Å². The predicted octanol–water partition coefficient (Wildman–Crippen LogP) is 1.69. The molecule has 2 aromatic rings. The lowest BCUT2D eigenvalue weighted by atomic mass is 10.1. The number of aryl methyl sites for hydroxylation is 1. The summed E-state index contributed by atoms with van der Waals surface area (Å²) in [6.45, 7) is 1.56. The van der Waals surface area contributed by atoms with Crippen molar-refractivity contribution in [2.75, 3.05) is 0 Å². The molecule has 5 nitrogen and oxygen atoms in total. The maximum Gasteiger partial charge on any atom is 0.353 e. The summed E-state index contributed by atoms with van der Waals surface area (Å²) in [6.07, 6.45) is 0. The van der Waals surface area contributed by atoms with E-state index in [9.17, 15) is 19.1 Å². The zero-order valence-corrected chi connectivity index (χ0v) is 9.92. The molecule has 0 spiro atoms. The first-order valence-corrected chi connectivity index (χ1v) is 5.36. The fraction of sp³-hybridized carbons (Fsp3) is 0.0769. The van der Waals surface area contributed by atoms with E-state index in [2.05, 4.69) is 0 Å². The number of rotatable bonds is 2. The van der Waals surface area contributed by atoms with Crippen molar-refractivity contribution in [1.82, 2.24) is 4.57 Å². The van der Waals surface area contributed by atoms with Gasteiger partial charge >= 0.3 is 5.97 Å². The topological polar surface area (TPSA) is 79.5 Å². The zero-order valence-electron chi connectivity index (χ0n) is 9.92. The minimum absolute atomic E-state index is 0.254. The lowest BCUT2D eigenvalue weighted by Gasteiger charge is -2.12. The molecular weight excluding hydrogens is 253 g/mol. The molecule has 6 heteroatoms. The molecule has 0 radical (unpaired) electrons. The van der Waals surface area contributed by atoms with Crippen LogP contribution in [0.15, 0.2) is 35.1 Å². The number of benzene rings is 1. The van der Waals surface area contributed by atoms with Gasteiger partial charge in [0.15, 0.2) is 0 Å². The van der Waals surface area contributed by atoms with E-state index in [1.165, 1.54) is 12.1 Å². The average molecular weight is 263 g/mol. The van der Waals surface area contributed by atoms with Gasteiger partial charge in [0, 0.05) is 12.1 Å². The Morgan fingerprint density at radius 3 is 2.53 bits per heavy atom. The molecule has 0 amide bonds. The van der Waals surface area contributed by atoms with Crippen molar-refractivity contribution in [3.8, 4) is 11.4 Å². The highest BCUT2D eigenvalue weighted by molar-refractivity contribution is 5.87. The number of aromatic hydroxyl groups is 1. The molecule has 1 aromatic heterocycles. The molecule has 1 aromatic carbocycles. The highest BCUT2D eigenvalue weighted by Crippen LogP contribution is 2.18. The third kappa shape index (κ3) is 2.33. The maximum absolute atomic E-state index is 13.0. The van der Waals surface area contributed by atoms with Gasteiger partial charge in [0.05, 0.1) is 5.69 Å². The predicted molar refractivity (Wildman–Crippen MR) is 65.4 cm³/mol. The van der Waals surface area contributed by atoms with Gasteiger partial charge in [-0.2, -0.15) is 0 Å². The number of carboxylic acids is 1. The van der Waals surface area contributed by atoms with Gasteiger partial charge in [0.2, 0.25) is 0 Å². The largest absolute Gasteiger partial charge is 0.508 e. The van der Waals surface area contributed by atoms with E-state index in [0.29, 0.717) is 5.56 Å². The van der Waals surface area contributed by atoms with Gasteiger partial charge in [-0.3, -0.25) is 9.36 Å². The quantitative estimate of drug-likeness (QED) is 0.864. The van der Waals surface area contributed by atoms with Crippen LogP contribution in [0.4, 0.5) is 4.39 Å². The third-order valence-electron chi connectivity index (χ3n) is 2.64. The molecule has 0 saturated carbocycles. The van der Waals surface area contributed by atoms with Crippen LogP contribution in [-0.2, 0) is 0 Å². The van der Waals surface area contributed by atoms with Crippen molar-refractivity contribution in [1.29, 1.82) is 0 Å². The van der Waals surface area contributed by atoms with E-state index in [4.69, 9.17) is 5.11 Å². The molecule has 0 aliphatic carbocycles. The number of pyridine rings is 1. The van der Waals surface area contributed by atoms with Crippen molar-refractivity contribution >= 4 is 5.97 Å². The number of nitrogens with zero attached hydrogens (tertiary/aromatic N) is 1. The number of hydrogen-bond donors (Lipinski definition) is 2. The van der Waals surface area contributed by atoms with E-state index >= 15 is 0 Å². The smallest absolute Gasteiger partial charge is 0.353 e. The molecule has 98 valence electrons. The minimum Gasteiger partial charge on any atom is -0.508 e. The van der Waals surface area contributed by atoms with Crippen molar-refractivity contribution in [2.45, 2.75) is 6.92 Å². The van der Waals surface area contributed by atoms with Crippen molar-refractivity contribution in [2.24, 2.45) is 0 Å². The fourth-order valence-corrected chi connectivity index (χ4v) is 1.83. The van der Waals surface area contributed by atoms with E-state index in [-0.39, 0.29) is 11.4 Å². The van der Waals surface area contributed by atoms with Crippen molar-refractivity contribution < 1.29 is 19.4 Å². The van der Waals surface area contributed by atoms with E-state index in [1.807, 2.05) is 0 Å². The summed E-state index contributed by atoms with van der Waals surface area (Å²) in [4.78, 5) is 23.0. The maximum atomic E-state index is 13.0. The van der Waals surface area contributed by atoms with Crippen LogP contribution in [0.1, 0.15) is 16.1 Å². The number of halogens is 1. The number of carbonyl (C=O) groups is 1. The van der Waals surface area contributed by atoms with Gasteiger partial charge in [-0.05, 0) is 30.7 Å². The first kappa shape index (κ1) is 12.8. The highest BCUT2D eigenvalue weighted by Gasteiger charge is 2.16. The third-order valence-corrected chi connectivity index (χ3v) is 2.64. The Morgan fingerprint density at radius 2 is 1.95 bits per heavy atom. The van der Waals surface area contributed by atoms with Crippen LogP contribution in [0, 0.1) is 12.7 Å². The van der Waals surface area contributed by atoms with Gasteiger partial charge in [0.1, 0.15) is 17.3 Å². The van der Waals surface area contributed by atoms with Crippen LogP contribution >= 0.6 is 0 Å². The second-order valence-electron chi connectivity index (χ2n) is 4.01. The SMILES string of the molecule is Cc1cc(F)ccc1-n1c(C(=O)O)cc(O)cc1=O. The first-order valence-electron chi connectivity index (χ1n) is 5.36. The summed E-state index contributed by atoms with van der Waals surface area (Å²) in [6, 6.07) is 5.50. The van der Waals surface area contributed by atoms with Gasteiger partial charge in [0.25, 0.3) is 5.56 Å². The van der Waals surface area contributed by atoms with Crippen LogP contribution in [0.2, 0.25) is 0 Å². The molecule has 0 fully saturated rings. The molecule has 0 bridgehead atoms. The van der Waals surface area contributed by atoms with Crippen LogP contribution in [-0.4, -0.2) is 20.7 Å². The minimum atomic E-state index is -1.36. The summed E-state index contributed by atoms with van der Waals surface area (Å²) in [7, 11) is 0. The Morgan fingerprint density at radius 1 is 1.26 bits per heavy atom. The summed E-state index contributed by atoms with van der Waals surface area (Å²) in [5.74, 6) is -2.28. The average Bonchev–Trinajstić information content (AvgIpc) is 2.29. The van der Waals surface area contributed by atoms with E-state index < -0.39 is 23.1 Å². The van der Waals surface area contributed by atoms with E-state index in [0.717, 1.165) is 22.8 Å². The van der Waals surface area contributed by atoms with Crippen molar-refractivity contribution in [3.05, 3.63) is 57.8 Å². The second kappa shape index (κ2) is 4.56. The summed E-state index contributed by atoms with van der Waals surface area (Å²) >= 11 is 0. The Kier molecular flexibility index (Phi) is 3.08.